The Hall–Kier alpha value is -3.05. The summed E-state index contributed by atoms with van der Waals surface area (Å²) in [6, 6.07) is 4.91. The van der Waals surface area contributed by atoms with E-state index >= 15 is 0 Å². The number of pyridine rings is 2. The van der Waals surface area contributed by atoms with Gasteiger partial charge in [-0.15, -0.1) is 5.10 Å². The van der Waals surface area contributed by atoms with Crippen LogP contribution in [0.2, 0.25) is 5.02 Å². The number of rotatable bonds is 7. The molecule has 0 spiro atoms. The van der Waals surface area contributed by atoms with Crippen molar-refractivity contribution in [3.63, 3.8) is 0 Å². The first-order valence-corrected chi connectivity index (χ1v) is 11.9. The number of hydrogen-bond acceptors (Lipinski definition) is 8. The van der Waals surface area contributed by atoms with Crippen LogP contribution in [-0.2, 0) is 33.0 Å². The lowest BCUT2D eigenvalue weighted by Gasteiger charge is -2.16. The van der Waals surface area contributed by atoms with Gasteiger partial charge in [0.15, 0.2) is 0 Å². The molecule has 0 amide bonds. The first kappa shape index (κ1) is 23.6. The van der Waals surface area contributed by atoms with E-state index in [-0.39, 0.29) is 6.42 Å². The molecule has 0 aromatic carbocycles. The number of nitrogens with zero attached hydrogens (tertiary/aromatic N) is 5. The second-order valence-corrected chi connectivity index (χ2v) is 9.45. The van der Waals surface area contributed by atoms with Crippen LogP contribution in [0.1, 0.15) is 35.7 Å². The summed E-state index contributed by atoms with van der Waals surface area (Å²) in [4.78, 5) is 21.2. The number of aryl methyl sites for hydroxylation is 3. The summed E-state index contributed by atoms with van der Waals surface area (Å²) in [6.45, 7) is 5.18. The maximum atomic E-state index is 12.7. The Morgan fingerprint density at radius 1 is 1.25 bits per heavy atom. The second-order valence-electron chi connectivity index (χ2n) is 7.32. The molecule has 32 heavy (non-hydrogen) atoms. The van der Waals surface area contributed by atoms with Crippen molar-refractivity contribution >= 4 is 33.3 Å². The first-order valence-electron chi connectivity index (χ1n) is 9.61. The van der Waals surface area contributed by atoms with E-state index in [2.05, 4.69) is 25.0 Å². The monoisotopic (exact) mass is 478 g/mol. The van der Waals surface area contributed by atoms with E-state index in [1.165, 1.54) is 4.68 Å². The Kier molecular flexibility index (Phi) is 6.79. The van der Waals surface area contributed by atoms with Crippen LogP contribution in [0.5, 0.6) is 0 Å². The van der Waals surface area contributed by atoms with E-state index in [1.807, 2.05) is 0 Å². The molecule has 0 aliphatic heterocycles. The van der Waals surface area contributed by atoms with Gasteiger partial charge in [-0.1, -0.05) is 16.8 Å². The lowest BCUT2D eigenvalue weighted by atomic mass is 10.1. The summed E-state index contributed by atoms with van der Waals surface area (Å²) in [5.41, 5.74) is 3.52. The average molecular weight is 479 g/mol. The third-order valence-corrected chi connectivity index (χ3v) is 5.80. The topological polar surface area (TPSA) is 129 Å². The summed E-state index contributed by atoms with van der Waals surface area (Å²) in [5.74, 6) is -0.484. The minimum atomic E-state index is -3.43. The molecule has 12 heteroatoms. The number of halogens is 1. The number of carbonyl (C=O) groups is 1. The van der Waals surface area contributed by atoms with Crippen LogP contribution >= 0.6 is 11.6 Å². The van der Waals surface area contributed by atoms with Gasteiger partial charge in [-0.3, -0.25) is 19.2 Å². The standard InChI is InChI=1S/C20H23ClN6O4S/c1-11-15(25-32(5,29)30)6-7-16(23-11)20-17(27(4)26-24-20)10-18(28)31-13(3)14-8-9-22-12(2)19(14)21/h6-9,13,25H,10H2,1-5H3. The Labute approximate surface area is 191 Å². The molecule has 3 aromatic heterocycles. The van der Waals surface area contributed by atoms with Crippen molar-refractivity contribution in [2.24, 2.45) is 7.05 Å². The highest BCUT2D eigenvalue weighted by Gasteiger charge is 2.22. The number of esters is 1. The van der Waals surface area contributed by atoms with E-state index in [0.29, 0.717) is 44.7 Å². The molecule has 3 rings (SSSR count). The Bertz CT molecular complexity index is 1280. The zero-order valence-electron chi connectivity index (χ0n) is 18.2. The number of nitrogens with one attached hydrogen (secondary N) is 1. The lowest BCUT2D eigenvalue weighted by Crippen LogP contribution is -2.15. The maximum absolute atomic E-state index is 12.7. The van der Waals surface area contributed by atoms with Gasteiger partial charge in [0.05, 0.1) is 46.2 Å². The molecular formula is C20H23ClN6O4S. The molecule has 0 aliphatic rings. The van der Waals surface area contributed by atoms with Crippen molar-refractivity contribution in [1.82, 2.24) is 25.0 Å². The fourth-order valence-corrected chi connectivity index (χ4v) is 3.98. The SMILES string of the molecule is Cc1nc(-c2nnn(C)c2CC(=O)OC(C)c2ccnc(C)c2Cl)ccc1NS(C)(=O)=O. The van der Waals surface area contributed by atoms with Crippen LogP contribution in [0.25, 0.3) is 11.4 Å². The molecule has 0 aliphatic carbocycles. The number of aromatic nitrogens is 5. The number of anilines is 1. The van der Waals surface area contributed by atoms with Crippen LogP contribution in [0.15, 0.2) is 24.4 Å². The summed E-state index contributed by atoms with van der Waals surface area (Å²) >= 11 is 6.28. The molecule has 0 fully saturated rings. The fraction of sp³-hybridized carbons (Fsp3) is 0.350. The predicted molar refractivity (Wildman–Crippen MR) is 120 cm³/mol. The summed E-state index contributed by atoms with van der Waals surface area (Å²) < 4.78 is 32.4. The van der Waals surface area contributed by atoms with Crippen molar-refractivity contribution in [1.29, 1.82) is 0 Å². The van der Waals surface area contributed by atoms with Gasteiger partial charge in [-0.2, -0.15) is 0 Å². The van der Waals surface area contributed by atoms with Gasteiger partial charge in [0, 0.05) is 18.8 Å². The van der Waals surface area contributed by atoms with Crippen molar-refractivity contribution in [2.75, 3.05) is 11.0 Å². The molecule has 10 nitrogen and oxygen atoms in total. The molecule has 0 radical (unpaired) electrons. The predicted octanol–water partition coefficient (Wildman–Crippen LogP) is 2.76. The summed E-state index contributed by atoms with van der Waals surface area (Å²) in [5, 5.41) is 8.58. The van der Waals surface area contributed by atoms with Gasteiger partial charge in [0.1, 0.15) is 11.8 Å². The van der Waals surface area contributed by atoms with Crippen LogP contribution < -0.4 is 4.72 Å². The average Bonchev–Trinajstić information content (AvgIpc) is 3.04. The van der Waals surface area contributed by atoms with Crippen molar-refractivity contribution in [3.8, 4) is 11.4 Å². The molecule has 1 unspecified atom stereocenters. The number of ether oxygens (including phenoxy) is 1. The second kappa shape index (κ2) is 9.21. The number of carbonyl (C=O) groups excluding carboxylic acids is 1. The van der Waals surface area contributed by atoms with Crippen LogP contribution in [0, 0.1) is 13.8 Å². The van der Waals surface area contributed by atoms with Crippen LogP contribution in [0.3, 0.4) is 0 Å². The molecule has 0 bridgehead atoms. The fourth-order valence-electron chi connectivity index (χ4n) is 3.10. The van der Waals surface area contributed by atoms with Gasteiger partial charge in [-0.25, -0.2) is 13.4 Å². The van der Waals surface area contributed by atoms with Gasteiger partial charge in [0.25, 0.3) is 0 Å². The molecule has 3 heterocycles. The van der Waals surface area contributed by atoms with Gasteiger partial charge in [-0.05, 0) is 39.0 Å². The van der Waals surface area contributed by atoms with Crippen molar-refractivity contribution < 1.29 is 17.9 Å². The van der Waals surface area contributed by atoms with Gasteiger partial charge >= 0.3 is 5.97 Å². The molecular weight excluding hydrogens is 456 g/mol. The quantitative estimate of drug-likeness (QED) is 0.513. The smallest absolute Gasteiger partial charge is 0.312 e. The van der Waals surface area contributed by atoms with Crippen LogP contribution in [-0.4, -0.2) is 45.6 Å². The lowest BCUT2D eigenvalue weighted by molar-refractivity contribution is -0.147. The van der Waals surface area contributed by atoms with E-state index in [4.69, 9.17) is 16.3 Å². The Morgan fingerprint density at radius 2 is 1.97 bits per heavy atom. The molecule has 170 valence electrons. The minimum Gasteiger partial charge on any atom is -0.457 e. The third-order valence-electron chi connectivity index (χ3n) is 4.72. The summed E-state index contributed by atoms with van der Waals surface area (Å²) in [7, 11) is -1.77. The highest BCUT2D eigenvalue weighted by molar-refractivity contribution is 7.92. The normalized spacial score (nSPS) is 12.4. The zero-order valence-corrected chi connectivity index (χ0v) is 19.8. The Balaban J connectivity index is 1.81. The third kappa shape index (κ3) is 5.40. The van der Waals surface area contributed by atoms with Crippen molar-refractivity contribution in [3.05, 3.63) is 52.1 Å². The molecule has 3 aromatic rings. The highest BCUT2D eigenvalue weighted by Crippen LogP contribution is 2.28. The zero-order chi connectivity index (χ0) is 23.6. The molecule has 0 saturated carbocycles. The molecule has 1 N–H and O–H groups in total. The largest absolute Gasteiger partial charge is 0.457 e. The van der Waals surface area contributed by atoms with E-state index < -0.39 is 22.1 Å². The highest BCUT2D eigenvalue weighted by atomic mass is 35.5. The minimum absolute atomic E-state index is 0.0884. The summed E-state index contributed by atoms with van der Waals surface area (Å²) in [6.07, 6.45) is 2.02. The van der Waals surface area contributed by atoms with Gasteiger partial charge < -0.3 is 4.74 Å². The first-order chi connectivity index (χ1) is 15.0. The van der Waals surface area contributed by atoms with E-state index in [0.717, 1.165) is 6.26 Å². The number of hydrogen-bond donors (Lipinski definition) is 1. The van der Waals surface area contributed by atoms with E-state index in [9.17, 15) is 13.2 Å². The van der Waals surface area contributed by atoms with E-state index in [1.54, 1.807) is 52.2 Å². The van der Waals surface area contributed by atoms with Gasteiger partial charge in [0.2, 0.25) is 10.0 Å². The van der Waals surface area contributed by atoms with Crippen molar-refractivity contribution in [2.45, 2.75) is 33.3 Å². The Morgan fingerprint density at radius 3 is 2.62 bits per heavy atom. The molecule has 0 saturated heterocycles. The maximum Gasteiger partial charge on any atom is 0.312 e. The van der Waals surface area contributed by atoms with Crippen LogP contribution in [0.4, 0.5) is 5.69 Å². The molecule has 1 atom stereocenters. The number of sulfonamides is 1.